The van der Waals surface area contributed by atoms with Gasteiger partial charge in [0.2, 0.25) is 0 Å². The van der Waals surface area contributed by atoms with Crippen LogP contribution in [0.25, 0.3) is 0 Å². The van der Waals surface area contributed by atoms with Crippen LogP contribution in [0.2, 0.25) is 0 Å². The first-order valence-corrected chi connectivity index (χ1v) is 15.7. The van der Waals surface area contributed by atoms with E-state index in [1.165, 1.54) is 13.8 Å². The number of Topliss-reactive ketones (excluding diaryl/α,β-unsaturated/α-hetero) is 1. The predicted molar refractivity (Wildman–Crippen MR) is 162 cm³/mol. The van der Waals surface area contributed by atoms with Crippen molar-refractivity contribution in [2.45, 2.75) is 111 Å². The Bertz CT molecular complexity index is 1420. The summed E-state index contributed by atoms with van der Waals surface area (Å²) in [6, 6.07) is 8.50. The molecule has 44 heavy (non-hydrogen) atoms. The number of ketones is 1. The lowest BCUT2D eigenvalue weighted by Gasteiger charge is -2.73. The fraction of sp³-hybridized carbons (Fsp3) is 0.657. The molecule has 3 aliphatic carbocycles. The number of carbonyl (C=O) groups is 4. The number of rotatable bonds is 5. The summed E-state index contributed by atoms with van der Waals surface area (Å²) in [6.45, 7) is 15.7. The van der Waals surface area contributed by atoms with Crippen LogP contribution in [0.1, 0.15) is 93.4 Å². The Hall–Kier alpha value is -3.04. The first-order chi connectivity index (χ1) is 20.4. The Labute approximate surface area is 261 Å². The number of hydrogen-bond donors (Lipinski definition) is 1. The largest absolute Gasteiger partial charge is 0.455 e. The zero-order valence-electron chi connectivity index (χ0n) is 27.3. The lowest BCUT2D eigenvalue weighted by Crippen LogP contribution is -2.86. The van der Waals surface area contributed by atoms with Crippen molar-refractivity contribution < 1.29 is 44.7 Å². The first-order valence-electron chi connectivity index (χ1n) is 15.7. The minimum atomic E-state index is -1.75. The second-order valence-corrected chi connectivity index (χ2v) is 14.2. The Morgan fingerprint density at radius 2 is 1.68 bits per heavy atom. The maximum atomic E-state index is 15.3. The van der Waals surface area contributed by atoms with Gasteiger partial charge in [-0.3, -0.25) is 14.4 Å². The summed E-state index contributed by atoms with van der Waals surface area (Å²) in [5.41, 5.74) is -5.17. The molecule has 2 saturated carbocycles. The molecule has 9 nitrogen and oxygen atoms in total. The van der Waals surface area contributed by atoms with Crippen molar-refractivity contribution in [3.63, 3.8) is 0 Å². The molecule has 2 bridgehead atoms. The number of ether oxygens (including phenoxy) is 4. The summed E-state index contributed by atoms with van der Waals surface area (Å²) >= 11 is 0. The highest BCUT2D eigenvalue weighted by molar-refractivity contribution is 5.95. The van der Waals surface area contributed by atoms with Crippen LogP contribution < -0.4 is 0 Å². The molecular weight excluding hydrogens is 564 g/mol. The second kappa shape index (κ2) is 10.5. The Balaban J connectivity index is 0.00000461. The third-order valence-electron chi connectivity index (χ3n) is 12.0. The van der Waals surface area contributed by atoms with Crippen molar-refractivity contribution in [2.75, 3.05) is 6.61 Å². The number of esters is 3. The summed E-state index contributed by atoms with van der Waals surface area (Å²) in [4.78, 5) is 54.8. The van der Waals surface area contributed by atoms with Gasteiger partial charge in [-0.25, -0.2) is 4.79 Å². The van der Waals surface area contributed by atoms with E-state index in [4.69, 9.17) is 18.9 Å². The molecule has 1 N–H and O–H groups in total. The molecule has 3 unspecified atom stereocenters. The van der Waals surface area contributed by atoms with Crippen LogP contribution in [0.4, 0.5) is 0 Å². The van der Waals surface area contributed by atoms with Crippen LogP contribution in [0.15, 0.2) is 41.5 Å². The third kappa shape index (κ3) is 4.10. The van der Waals surface area contributed by atoms with Gasteiger partial charge in [0.05, 0.1) is 18.1 Å². The van der Waals surface area contributed by atoms with Crippen LogP contribution >= 0.6 is 0 Å². The highest BCUT2D eigenvalue weighted by atomic mass is 16.6. The average Bonchev–Trinajstić information content (AvgIpc) is 2.95. The van der Waals surface area contributed by atoms with Gasteiger partial charge in [0.25, 0.3) is 0 Å². The summed E-state index contributed by atoms with van der Waals surface area (Å²) in [5.74, 6) is -3.94. The summed E-state index contributed by atoms with van der Waals surface area (Å²) in [7, 11) is 0. The molecule has 4 aliphatic rings. The third-order valence-corrected chi connectivity index (χ3v) is 12.0. The number of benzene rings is 1. The van der Waals surface area contributed by atoms with Crippen molar-refractivity contribution >= 4 is 23.7 Å². The molecule has 1 saturated heterocycles. The van der Waals surface area contributed by atoms with E-state index in [0.29, 0.717) is 18.4 Å². The molecule has 0 amide bonds. The van der Waals surface area contributed by atoms with Crippen molar-refractivity contribution in [3.8, 4) is 0 Å². The van der Waals surface area contributed by atoms with E-state index in [9.17, 15) is 19.5 Å². The van der Waals surface area contributed by atoms with Crippen LogP contribution in [0.3, 0.4) is 0 Å². The van der Waals surface area contributed by atoms with E-state index in [1.54, 1.807) is 51.1 Å². The van der Waals surface area contributed by atoms with Gasteiger partial charge >= 0.3 is 17.9 Å². The van der Waals surface area contributed by atoms with Crippen molar-refractivity contribution in [2.24, 2.45) is 28.6 Å². The van der Waals surface area contributed by atoms with Gasteiger partial charge in [-0.05, 0) is 56.2 Å². The smallest absolute Gasteiger partial charge is 0.338 e. The van der Waals surface area contributed by atoms with E-state index in [2.05, 4.69) is 0 Å². The van der Waals surface area contributed by atoms with Crippen LogP contribution in [-0.4, -0.2) is 64.4 Å². The van der Waals surface area contributed by atoms with Crippen LogP contribution in [0, 0.1) is 28.6 Å². The molecule has 9 heteroatoms. The van der Waals surface area contributed by atoms with Gasteiger partial charge in [0.15, 0.2) is 17.5 Å². The van der Waals surface area contributed by atoms with Gasteiger partial charge < -0.3 is 24.1 Å². The van der Waals surface area contributed by atoms with Crippen molar-refractivity contribution in [1.29, 1.82) is 0 Å². The summed E-state index contributed by atoms with van der Waals surface area (Å²) < 4.78 is 25.0. The first kappa shape index (κ1) is 32.4. The fourth-order valence-electron chi connectivity index (χ4n) is 9.59. The number of allylic oxidation sites excluding steroid dienone is 1. The molecule has 0 spiro atoms. The summed E-state index contributed by atoms with van der Waals surface area (Å²) in [6.07, 6.45) is -1.41. The minimum absolute atomic E-state index is 0. The highest BCUT2D eigenvalue weighted by Crippen LogP contribution is 2.70. The maximum absolute atomic E-state index is 15.3. The van der Waals surface area contributed by atoms with E-state index in [-0.39, 0.29) is 31.7 Å². The van der Waals surface area contributed by atoms with E-state index >= 15 is 4.79 Å². The van der Waals surface area contributed by atoms with Crippen LogP contribution in [-0.2, 0) is 33.3 Å². The molecule has 0 aromatic heterocycles. The standard InChI is InChI=1S/C35H46O9.H2/c1-10-24-20(3)32(8)27(35(44-22(5)37)18-41-33(24,35)9)29(43-30(39)23-14-12-11-13-15-23)34(40)17-16-19(2)25(31(34,6)7)26(28(32)38)42-21(4)36;/h11-15,20,24,26-27,29,40H,10,16-18H2,1-9H3;1H/t20?,24?,26-,27+,29+,32?,33-,34-,35-;/m1./s1. The number of carbonyl (C=O) groups excluding carboxylic acids is 4. The number of fused-ring (bicyclic) bond motifs is 5. The fourth-order valence-corrected chi connectivity index (χ4v) is 9.59. The molecule has 3 fully saturated rings. The normalized spacial score (nSPS) is 40.8. The molecule has 242 valence electrons. The molecular formula is C35H48O9. The van der Waals surface area contributed by atoms with Gasteiger partial charge in [0.1, 0.15) is 17.3 Å². The number of hydrogen-bond acceptors (Lipinski definition) is 9. The minimum Gasteiger partial charge on any atom is -0.455 e. The predicted octanol–water partition coefficient (Wildman–Crippen LogP) is 5.23. The second-order valence-electron chi connectivity index (χ2n) is 14.2. The van der Waals surface area contributed by atoms with Gasteiger partial charge in [0, 0.05) is 26.1 Å². The van der Waals surface area contributed by atoms with Crippen LogP contribution in [0.5, 0.6) is 0 Å². The molecule has 1 heterocycles. The van der Waals surface area contributed by atoms with Crippen molar-refractivity contribution in [3.05, 3.63) is 47.0 Å². The molecule has 9 atom stereocenters. The topological polar surface area (TPSA) is 125 Å². The zero-order chi connectivity index (χ0) is 32.6. The lowest BCUT2D eigenvalue weighted by atomic mass is 9.39. The SMILES string of the molecule is CCC1C(C)C2(C)C(=O)[C@H](OC(C)=O)C3=C(C)CC[C@@](O)([C@@H](OC(=O)c4ccccc4)[C@@H]2[C@]2(OC(C)=O)CO[C@]12C)C3(C)C.[HH]. The number of aliphatic hydroxyl groups is 1. The highest BCUT2D eigenvalue weighted by Gasteiger charge is 2.82. The average molecular weight is 613 g/mol. The van der Waals surface area contributed by atoms with E-state index in [1.807, 2.05) is 27.7 Å². The monoisotopic (exact) mass is 612 g/mol. The van der Waals surface area contributed by atoms with Gasteiger partial charge in [-0.15, -0.1) is 0 Å². The van der Waals surface area contributed by atoms with E-state index in [0.717, 1.165) is 5.57 Å². The van der Waals surface area contributed by atoms with Gasteiger partial charge in [-0.1, -0.05) is 64.8 Å². The molecule has 1 aromatic carbocycles. The quantitative estimate of drug-likeness (QED) is 0.270. The van der Waals surface area contributed by atoms with E-state index < -0.39 is 69.6 Å². The molecule has 5 rings (SSSR count). The maximum Gasteiger partial charge on any atom is 0.338 e. The zero-order valence-corrected chi connectivity index (χ0v) is 27.3. The molecule has 1 aliphatic heterocycles. The van der Waals surface area contributed by atoms with Gasteiger partial charge in [-0.2, -0.15) is 0 Å². The Morgan fingerprint density at radius 1 is 1.05 bits per heavy atom. The summed E-state index contributed by atoms with van der Waals surface area (Å²) in [5, 5.41) is 13.1. The Kier molecular flexibility index (Phi) is 7.73. The molecule has 0 radical (unpaired) electrons. The lowest BCUT2D eigenvalue weighted by molar-refractivity contribution is -0.396. The molecule has 1 aromatic rings. The van der Waals surface area contributed by atoms with Crippen molar-refractivity contribution in [1.82, 2.24) is 0 Å². The Morgan fingerprint density at radius 3 is 2.20 bits per heavy atom.